The van der Waals surface area contributed by atoms with Crippen LogP contribution in [0.5, 0.6) is 0 Å². The van der Waals surface area contributed by atoms with Crippen LogP contribution in [0.1, 0.15) is 91.9 Å². The second-order valence-corrected chi connectivity index (χ2v) is 15.8. The summed E-state index contributed by atoms with van der Waals surface area (Å²) in [7, 11) is -3.13. The lowest BCUT2D eigenvalue weighted by molar-refractivity contribution is -0.273. The van der Waals surface area contributed by atoms with E-state index in [1.807, 2.05) is 0 Å². The van der Waals surface area contributed by atoms with Crippen molar-refractivity contribution in [2.75, 3.05) is 12.9 Å². The van der Waals surface area contributed by atoms with Gasteiger partial charge >= 0.3 is 0 Å². The molecule has 1 spiro atoms. The third kappa shape index (κ3) is 3.51. The zero-order valence-corrected chi connectivity index (χ0v) is 22.8. The molecule has 0 aromatic heterocycles. The van der Waals surface area contributed by atoms with Crippen LogP contribution in [0.3, 0.4) is 0 Å². The van der Waals surface area contributed by atoms with E-state index in [9.17, 15) is 8.42 Å². The van der Waals surface area contributed by atoms with E-state index in [-0.39, 0.29) is 11.8 Å². The molecule has 0 aromatic carbocycles. The maximum atomic E-state index is 11.8. The Morgan fingerprint density at radius 1 is 0.882 bits per heavy atom. The standard InChI is InChI=1S/C28H47NO4S/c1-17-8-13-28(32-16-17)18(2)25-24(33-28)15-23-21-7-6-19-14-20(29-34(5,30)31)9-11-26(19,3)22(21)10-12-27(23,25)4/h17-25,29H,6-16H2,1-5H3/t17-,18+,19-,20-,21-,22+,23+,24+,25+,26+,27+,28-/m1/s1. The van der Waals surface area contributed by atoms with Crippen molar-refractivity contribution < 1.29 is 17.9 Å². The topological polar surface area (TPSA) is 64.6 Å². The first kappa shape index (κ1) is 24.2. The quantitative estimate of drug-likeness (QED) is 0.563. The van der Waals surface area contributed by atoms with Crippen molar-refractivity contribution in [2.24, 2.45) is 52.3 Å². The predicted molar refractivity (Wildman–Crippen MR) is 133 cm³/mol. The Hall–Kier alpha value is -0.170. The summed E-state index contributed by atoms with van der Waals surface area (Å²) in [6.45, 7) is 10.8. The molecule has 1 N–H and O–H groups in total. The van der Waals surface area contributed by atoms with Crippen LogP contribution in [0.15, 0.2) is 0 Å². The SMILES string of the molecule is C[C@@H]1CC[C@@]2(OC1)O[C@H]1C[C@H]3[C@@H]4CC[C@@H]5C[C@H](NS(C)(=O)=O)CC[C@]5(C)[C@H]4CC[C@]3(C)[C@H]1[C@@H]2C. The summed E-state index contributed by atoms with van der Waals surface area (Å²) in [5.74, 6) is 4.48. The van der Waals surface area contributed by atoms with Gasteiger partial charge in [-0.15, -0.1) is 0 Å². The van der Waals surface area contributed by atoms with E-state index < -0.39 is 10.0 Å². The minimum absolute atomic E-state index is 0.132. The molecule has 0 radical (unpaired) electrons. The Bertz CT molecular complexity index is 913. The van der Waals surface area contributed by atoms with Crippen LogP contribution in [0.2, 0.25) is 0 Å². The maximum Gasteiger partial charge on any atom is 0.208 e. The van der Waals surface area contributed by atoms with E-state index in [0.717, 1.165) is 43.6 Å². The van der Waals surface area contributed by atoms with Crippen LogP contribution >= 0.6 is 0 Å². The Balaban J connectivity index is 1.20. The molecule has 2 saturated heterocycles. The average molecular weight is 494 g/mol. The molecule has 4 saturated carbocycles. The molecule has 6 fully saturated rings. The van der Waals surface area contributed by atoms with Crippen molar-refractivity contribution in [3.8, 4) is 0 Å². The van der Waals surface area contributed by atoms with Gasteiger partial charge in [0.05, 0.1) is 19.0 Å². The minimum Gasteiger partial charge on any atom is -0.349 e. The molecule has 2 heterocycles. The predicted octanol–water partition coefficient (Wildman–Crippen LogP) is 5.35. The normalized spacial score (nSPS) is 57.0. The molecule has 5 nitrogen and oxygen atoms in total. The molecule has 2 aliphatic heterocycles. The summed E-state index contributed by atoms with van der Waals surface area (Å²) in [4.78, 5) is 0. The Labute approximate surface area is 207 Å². The van der Waals surface area contributed by atoms with Crippen LogP contribution in [0, 0.1) is 52.3 Å². The highest BCUT2D eigenvalue weighted by Crippen LogP contribution is 2.71. The lowest BCUT2D eigenvalue weighted by Gasteiger charge is -2.61. The third-order valence-corrected chi connectivity index (χ3v) is 13.1. The highest BCUT2D eigenvalue weighted by molar-refractivity contribution is 7.88. The van der Waals surface area contributed by atoms with E-state index in [4.69, 9.17) is 9.47 Å². The van der Waals surface area contributed by atoms with Crippen LogP contribution in [-0.2, 0) is 19.5 Å². The number of fused-ring (bicyclic) bond motifs is 7. The molecule has 0 amide bonds. The summed E-state index contributed by atoms with van der Waals surface area (Å²) in [5, 5.41) is 0. The van der Waals surface area contributed by atoms with Gasteiger partial charge in [-0.3, -0.25) is 0 Å². The number of rotatable bonds is 2. The Kier molecular flexibility index (Phi) is 5.63. The molecule has 6 heteroatoms. The highest BCUT2D eigenvalue weighted by atomic mass is 32.2. The summed E-state index contributed by atoms with van der Waals surface area (Å²) < 4.78 is 40.0. The first-order valence-electron chi connectivity index (χ1n) is 14.2. The van der Waals surface area contributed by atoms with Crippen molar-refractivity contribution in [3.63, 3.8) is 0 Å². The zero-order valence-electron chi connectivity index (χ0n) is 22.0. The van der Waals surface area contributed by atoms with Gasteiger partial charge in [0.25, 0.3) is 0 Å². The van der Waals surface area contributed by atoms with E-state index in [0.29, 0.717) is 40.6 Å². The van der Waals surface area contributed by atoms with Crippen LogP contribution < -0.4 is 4.72 Å². The number of hydrogen-bond donors (Lipinski definition) is 1. The molecule has 194 valence electrons. The van der Waals surface area contributed by atoms with Crippen molar-refractivity contribution in [3.05, 3.63) is 0 Å². The van der Waals surface area contributed by atoms with Gasteiger partial charge < -0.3 is 9.47 Å². The van der Waals surface area contributed by atoms with Crippen molar-refractivity contribution in [1.82, 2.24) is 4.72 Å². The molecule has 34 heavy (non-hydrogen) atoms. The van der Waals surface area contributed by atoms with E-state index in [1.54, 1.807) is 0 Å². The van der Waals surface area contributed by atoms with Gasteiger partial charge in [0, 0.05) is 18.4 Å². The fourth-order valence-corrected chi connectivity index (χ4v) is 11.5. The average Bonchev–Trinajstić information content (AvgIpc) is 3.20. The molecular formula is C28H47NO4S. The van der Waals surface area contributed by atoms with Gasteiger partial charge in [-0.05, 0) is 104 Å². The van der Waals surface area contributed by atoms with Gasteiger partial charge in [-0.25, -0.2) is 13.1 Å². The van der Waals surface area contributed by atoms with Crippen LogP contribution in [0.25, 0.3) is 0 Å². The highest BCUT2D eigenvalue weighted by Gasteiger charge is 2.69. The monoisotopic (exact) mass is 493 g/mol. The van der Waals surface area contributed by atoms with Gasteiger partial charge in [-0.1, -0.05) is 27.7 Å². The van der Waals surface area contributed by atoms with Crippen molar-refractivity contribution in [1.29, 1.82) is 0 Å². The fraction of sp³-hybridized carbons (Fsp3) is 1.00. The van der Waals surface area contributed by atoms with E-state index >= 15 is 0 Å². The molecule has 6 rings (SSSR count). The number of hydrogen-bond acceptors (Lipinski definition) is 4. The smallest absolute Gasteiger partial charge is 0.208 e. The molecular weight excluding hydrogens is 446 g/mol. The molecule has 0 bridgehead atoms. The maximum absolute atomic E-state index is 11.8. The lowest BCUT2D eigenvalue weighted by atomic mass is 9.44. The van der Waals surface area contributed by atoms with Crippen molar-refractivity contribution >= 4 is 10.0 Å². The summed E-state index contributed by atoms with van der Waals surface area (Å²) in [6.07, 6.45) is 13.7. The lowest BCUT2D eigenvalue weighted by Crippen LogP contribution is -2.56. The molecule has 6 aliphatic rings. The Morgan fingerprint density at radius 2 is 1.65 bits per heavy atom. The van der Waals surface area contributed by atoms with Crippen LogP contribution in [-0.4, -0.2) is 39.2 Å². The number of ether oxygens (including phenoxy) is 2. The number of nitrogens with one attached hydrogen (secondary N) is 1. The first-order valence-corrected chi connectivity index (χ1v) is 16.1. The molecule has 12 atom stereocenters. The molecule has 0 aromatic rings. The van der Waals surface area contributed by atoms with Crippen LogP contribution in [0.4, 0.5) is 0 Å². The van der Waals surface area contributed by atoms with Gasteiger partial charge in [0.15, 0.2) is 5.79 Å². The molecule has 0 unspecified atom stereocenters. The second-order valence-electron chi connectivity index (χ2n) is 14.0. The fourth-order valence-electron chi connectivity index (χ4n) is 10.7. The van der Waals surface area contributed by atoms with E-state index in [1.165, 1.54) is 51.2 Å². The minimum atomic E-state index is -3.13. The van der Waals surface area contributed by atoms with E-state index in [2.05, 4.69) is 32.4 Å². The summed E-state index contributed by atoms with van der Waals surface area (Å²) in [6, 6.07) is 0.132. The van der Waals surface area contributed by atoms with Crippen molar-refractivity contribution in [2.45, 2.75) is 110 Å². The largest absolute Gasteiger partial charge is 0.349 e. The third-order valence-electron chi connectivity index (χ3n) is 12.3. The number of sulfonamides is 1. The van der Waals surface area contributed by atoms with Gasteiger partial charge in [-0.2, -0.15) is 0 Å². The Morgan fingerprint density at radius 3 is 2.35 bits per heavy atom. The second kappa shape index (κ2) is 7.91. The van der Waals surface area contributed by atoms with Gasteiger partial charge in [0.2, 0.25) is 10.0 Å². The summed E-state index contributed by atoms with van der Waals surface area (Å²) in [5.41, 5.74) is 0.743. The molecule has 4 aliphatic carbocycles. The van der Waals surface area contributed by atoms with Gasteiger partial charge in [0.1, 0.15) is 0 Å². The first-order chi connectivity index (χ1) is 16.0. The zero-order chi connectivity index (χ0) is 24.1. The summed E-state index contributed by atoms with van der Waals surface area (Å²) >= 11 is 0.